The van der Waals surface area contributed by atoms with Crippen LogP contribution in [0.3, 0.4) is 0 Å². The highest BCUT2D eigenvalue weighted by molar-refractivity contribution is 7.91. The van der Waals surface area contributed by atoms with Gasteiger partial charge in [0, 0.05) is 26.8 Å². The van der Waals surface area contributed by atoms with Crippen molar-refractivity contribution >= 4 is 27.3 Å². The molecule has 0 aliphatic carbocycles. The van der Waals surface area contributed by atoms with E-state index in [4.69, 9.17) is 9.84 Å². The van der Waals surface area contributed by atoms with Crippen LogP contribution in [0.2, 0.25) is 0 Å². The molecule has 0 aromatic carbocycles. The van der Waals surface area contributed by atoms with Crippen LogP contribution in [0.5, 0.6) is 0 Å². The smallest absolute Gasteiger partial charge is 0.346 e. The van der Waals surface area contributed by atoms with Gasteiger partial charge in [0.05, 0.1) is 0 Å². The van der Waals surface area contributed by atoms with E-state index >= 15 is 0 Å². The highest BCUT2D eigenvalue weighted by Crippen LogP contribution is 2.29. The Kier molecular flexibility index (Phi) is 5.03. The largest absolute Gasteiger partial charge is 0.477 e. The van der Waals surface area contributed by atoms with Crippen LogP contribution in [0, 0.1) is 12.8 Å². The van der Waals surface area contributed by atoms with Gasteiger partial charge in [-0.2, -0.15) is 4.31 Å². The van der Waals surface area contributed by atoms with Crippen LogP contribution in [0.25, 0.3) is 0 Å². The first-order chi connectivity index (χ1) is 9.82. The molecule has 0 radical (unpaired) electrons. The zero-order valence-electron chi connectivity index (χ0n) is 12.0. The monoisotopic (exact) mass is 333 g/mol. The average Bonchev–Trinajstić information content (AvgIpc) is 2.82. The molecule has 0 unspecified atom stereocenters. The minimum atomic E-state index is -3.63. The fourth-order valence-electron chi connectivity index (χ4n) is 2.34. The van der Waals surface area contributed by atoms with Gasteiger partial charge < -0.3 is 9.84 Å². The molecule has 2 rings (SSSR count). The van der Waals surface area contributed by atoms with Gasteiger partial charge in [-0.15, -0.1) is 11.3 Å². The molecule has 0 atom stereocenters. The zero-order valence-corrected chi connectivity index (χ0v) is 13.7. The van der Waals surface area contributed by atoms with Crippen LogP contribution in [0.4, 0.5) is 0 Å². The summed E-state index contributed by atoms with van der Waals surface area (Å²) in [5, 5.41) is 9.03. The number of carbonyl (C=O) groups is 1. The van der Waals surface area contributed by atoms with E-state index in [1.54, 1.807) is 14.0 Å². The maximum atomic E-state index is 12.5. The van der Waals surface area contributed by atoms with Gasteiger partial charge >= 0.3 is 5.97 Å². The number of thiophene rings is 1. The van der Waals surface area contributed by atoms with E-state index in [-0.39, 0.29) is 9.09 Å². The van der Waals surface area contributed by atoms with Crippen LogP contribution >= 0.6 is 11.3 Å². The lowest BCUT2D eigenvalue weighted by molar-refractivity contribution is 0.0620. The lowest BCUT2D eigenvalue weighted by Crippen LogP contribution is -2.33. The van der Waals surface area contributed by atoms with Gasteiger partial charge in [0.2, 0.25) is 0 Å². The van der Waals surface area contributed by atoms with Gasteiger partial charge in [0.25, 0.3) is 10.0 Å². The number of aryl methyl sites for hydroxylation is 1. The molecular formula is C13H19NO5S2. The third-order valence-electron chi connectivity index (χ3n) is 3.61. The summed E-state index contributed by atoms with van der Waals surface area (Å²) in [6, 6.07) is 1.43. The van der Waals surface area contributed by atoms with Crippen LogP contribution in [-0.2, 0) is 14.8 Å². The summed E-state index contributed by atoms with van der Waals surface area (Å²) in [7, 11) is -2.08. The number of carboxylic acid groups (broad SMARTS) is 1. The van der Waals surface area contributed by atoms with Crippen molar-refractivity contribution in [1.29, 1.82) is 0 Å². The summed E-state index contributed by atoms with van der Waals surface area (Å²) < 4.78 is 31.7. The minimum Gasteiger partial charge on any atom is -0.477 e. The molecule has 1 N–H and O–H groups in total. The van der Waals surface area contributed by atoms with Crippen molar-refractivity contribution < 1.29 is 23.1 Å². The second-order valence-corrected chi connectivity index (χ2v) is 8.55. The fourth-order valence-corrected chi connectivity index (χ4v) is 5.17. The first kappa shape index (κ1) is 16.4. The third kappa shape index (κ3) is 3.63. The zero-order chi connectivity index (χ0) is 15.6. The molecule has 0 spiro atoms. The van der Waals surface area contributed by atoms with Crippen LogP contribution in [0.1, 0.15) is 28.1 Å². The molecule has 1 aliphatic rings. The van der Waals surface area contributed by atoms with Crippen LogP contribution in [-0.4, -0.2) is 50.6 Å². The normalized spacial score (nSPS) is 17.3. The van der Waals surface area contributed by atoms with Crippen LogP contribution < -0.4 is 0 Å². The standard InChI is InChI=1S/C13H19NO5S2/c1-9-7-11(20-12(9)13(15)16)21(17,18)14(2)8-10-3-5-19-6-4-10/h7,10H,3-6,8H2,1-2H3,(H,15,16). The molecule has 0 bridgehead atoms. The van der Waals surface area contributed by atoms with Gasteiger partial charge in [-0.05, 0) is 37.3 Å². The van der Waals surface area contributed by atoms with Crippen molar-refractivity contribution in [1.82, 2.24) is 4.31 Å². The minimum absolute atomic E-state index is 0.0769. The van der Waals surface area contributed by atoms with E-state index in [9.17, 15) is 13.2 Å². The van der Waals surface area contributed by atoms with Gasteiger partial charge in [-0.1, -0.05) is 0 Å². The highest BCUT2D eigenvalue weighted by Gasteiger charge is 2.28. The molecule has 21 heavy (non-hydrogen) atoms. The molecule has 1 aromatic heterocycles. The molecule has 1 aromatic rings. The molecular weight excluding hydrogens is 314 g/mol. The maximum Gasteiger partial charge on any atom is 0.346 e. The van der Waals surface area contributed by atoms with E-state index in [0.29, 0.717) is 31.2 Å². The Balaban J connectivity index is 2.16. The number of sulfonamides is 1. The Morgan fingerprint density at radius 1 is 1.48 bits per heavy atom. The van der Waals surface area contributed by atoms with Crippen molar-refractivity contribution in [2.24, 2.45) is 5.92 Å². The van der Waals surface area contributed by atoms with Crippen molar-refractivity contribution in [2.75, 3.05) is 26.8 Å². The molecule has 1 aliphatic heterocycles. The Morgan fingerprint density at radius 2 is 2.10 bits per heavy atom. The van der Waals surface area contributed by atoms with Crippen molar-refractivity contribution in [3.8, 4) is 0 Å². The van der Waals surface area contributed by atoms with Gasteiger partial charge in [-0.25, -0.2) is 13.2 Å². The Labute approximate surface area is 128 Å². The second-order valence-electron chi connectivity index (χ2n) is 5.22. The molecule has 1 fully saturated rings. The van der Waals surface area contributed by atoms with Crippen LogP contribution in [0.15, 0.2) is 10.3 Å². The Morgan fingerprint density at radius 3 is 2.62 bits per heavy atom. The molecule has 118 valence electrons. The average molecular weight is 333 g/mol. The van der Waals surface area contributed by atoms with Crippen molar-refractivity contribution in [3.05, 3.63) is 16.5 Å². The maximum absolute atomic E-state index is 12.5. The quantitative estimate of drug-likeness (QED) is 0.888. The molecule has 1 saturated heterocycles. The molecule has 0 saturated carbocycles. The van der Waals surface area contributed by atoms with E-state index in [1.807, 2.05) is 0 Å². The Bertz CT molecular complexity index is 617. The first-order valence-corrected chi connectivity index (χ1v) is 8.96. The predicted molar refractivity (Wildman–Crippen MR) is 79.4 cm³/mol. The summed E-state index contributed by atoms with van der Waals surface area (Å²) >= 11 is 0.811. The number of carboxylic acids is 1. The van der Waals surface area contributed by atoms with E-state index in [2.05, 4.69) is 0 Å². The van der Waals surface area contributed by atoms with Crippen molar-refractivity contribution in [2.45, 2.75) is 24.0 Å². The highest BCUT2D eigenvalue weighted by atomic mass is 32.2. The van der Waals surface area contributed by atoms with E-state index in [0.717, 1.165) is 24.2 Å². The molecule has 0 amide bonds. The fraction of sp³-hybridized carbons (Fsp3) is 0.615. The summed E-state index contributed by atoms with van der Waals surface area (Å²) in [5.74, 6) is -0.801. The van der Waals surface area contributed by atoms with E-state index in [1.165, 1.54) is 10.4 Å². The second kappa shape index (κ2) is 6.43. The van der Waals surface area contributed by atoms with Gasteiger partial charge in [0.15, 0.2) is 0 Å². The SMILES string of the molecule is Cc1cc(S(=O)(=O)N(C)CC2CCOCC2)sc1C(=O)O. The summed E-state index contributed by atoms with van der Waals surface area (Å²) in [6.07, 6.45) is 1.70. The number of ether oxygens (including phenoxy) is 1. The number of aromatic carboxylic acids is 1. The predicted octanol–water partition coefficient (Wildman–Crippen LogP) is 1.80. The summed E-state index contributed by atoms with van der Waals surface area (Å²) in [4.78, 5) is 11.1. The molecule has 2 heterocycles. The van der Waals surface area contributed by atoms with Gasteiger partial charge in [0.1, 0.15) is 9.09 Å². The number of hydrogen-bond donors (Lipinski definition) is 1. The summed E-state index contributed by atoms with van der Waals surface area (Å²) in [6.45, 7) is 3.38. The van der Waals surface area contributed by atoms with Gasteiger partial charge in [-0.3, -0.25) is 0 Å². The topological polar surface area (TPSA) is 83.9 Å². The molecule has 8 heteroatoms. The van der Waals surface area contributed by atoms with E-state index < -0.39 is 16.0 Å². The first-order valence-electron chi connectivity index (χ1n) is 6.70. The van der Waals surface area contributed by atoms with Crippen molar-refractivity contribution in [3.63, 3.8) is 0 Å². The number of nitrogens with zero attached hydrogens (tertiary/aromatic N) is 1. The lowest BCUT2D eigenvalue weighted by atomic mass is 10.0. The molecule has 6 nitrogen and oxygen atoms in total. The number of rotatable bonds is 5. The Hall–Kier alpha value is -0.960. The number of hydrogen-bond acceptors (Lipinski definition) is 5. The summed E-state index contributed by atoms with van der Waals surface area (Å²) in [5.41, 5.74) is 0.477. The lowest BCUT2D eigenvalue weighted by Gasteiger charge is -2.26. The third-order valence-corrected chi connectivity index (χ3v) is 7.11.